The number of carbonyl (C=O) groups is 3. The number of carboxylic acid groups (broad SMARTS) is 1. The number of nitrogens with one attached hydrogen (secondary N) is 2. The Kier molecular flexibility index (Phi) is 17.7. The summed E-state index contributed by atoms with van der Waals surface area (Å²) in [6, 6.07) is 35.4. The predicted octanol–water partition coefficient (Wildman–Crippen LogP) is 9.40. The first-order chi connectivity index (χ1) is 34.1. The van der Waals surface area contributed by atoms with Crippen molar-refractivity contribution in [3.8, 4) is 23.0 Å². The summed E-state index contributed by atoms with van der Waals surface area (Å²) < 4.78 is 24.8. The van der Waals surface area contributed by atoms with E-state index in [1.807, 2.05) is 105 Å². The number of rotatable bonds is 21. The van der Waals surface area contributed by atoms with E-state index in [0.29, 0.717) is 65.4 Å². The predicted molar refractivity (Wildman–Crippen MR) is 266 cm³/mol. The molecule has 8 rings (SSSR count). The third-order valence-electron chi connectivity index (χ3n) is 12.5. The molecule has 0 unspecified atom stereocenters. The van der Waals surface area contributed by atoms with Crippen LogP contribution < -0.4 is 40.7 Å². The van der Waals surface area contributed by atoms with Crippen molar-refractivity contribution in [3.05, 3.63) is 188 Å². The summed E-state index contributed by atoms with van der Waals surface area (Å²) in [7, 11) is 0. The molecule has 0 saturated heterocycles. The molecule has 0 bridgehead atoms. The van der Waals surface area contributed by atoms with E-state index in [9.17, 15) is 29.1 Å². The van der Waals surface area contributed by atoms with E-state index in [1.54, 1.807) is 47.3 Å². The monoisotopic (exact) mass is 950 g/mol. The SMILES string of the molecule is CCCC[C@@H](C(=O)N[C@@H](CC(=O)O)c1ccc2c(c1)OCO2)n1cccc(Cc2ccccc2)c1=O.CCCC[C@@H](C(=O)N[C@@H](CC)c1ccc2c(c1)OCO2)n1cccc(Cc2ccccc2)c1=O. The number of ether oxygens (including phenoxy) is 4. The average molecular weight is 951 g/mol. The van der Waals surface area contributed by atoms with Crippen molar-refractivity contribution in [1.82, 2.24) is 19.8 Å². The summed E-state index contributed by atoms with van der Waals surface area (Å²) in [4.78, 5) is 65.5. The lowest BCUT2D eigenvalue weighted by Gasteiger charge is -2.24. The lowest BCUT2D eigenvalue weighted by molar-refractivity contribution is -0.138. The van der Waals surface area contributed by atoms with E-state index >= 15 is 0 Å². The number of unbranched alkanes of at least 4 members (excludes halogenated alkanes) is 2. The van der Waals surface area contributed by atoms with Crippen LogP contribution in [-0.2, 0) is 27.2 Å². The van der Waals surface area contributed by atoms with Crippen molar-refractivity contribution in [1.29, 1.82) is 0 Å². The number of aliphatic carboxylic acids is 1. The zero-order chi connectivity index (χ0) is 49.4. The molecule has 0 radical (unpaired) electrons. The fourth-order valence-electron chi connectivity index (χ4n) is 8.74. The number of nitrogens with zero attached hydrogens (tertiary/aromatic N) is 2. The van der Waals surface area contributed by atoms with Gasteiger partial charge in [0.05, 0.1) is 18.5 Å². The molecule has 4 atom stereocenters. The van der Waals surface area contributed by atoms with Crippen molar-refractivity contribution < 1.29 is 38.4 Å². The van der Waals surface area contributed by atoms with Crippen molar-refractivity contribution >= 4 is 17.8 Å². The number of aromatic nitrogens is 2. The van der Waals surface area contributed by atoms with Crippen LogP contribution in [0.2, 0.25) is 0 Å². The van der Waals surface area contributed by atoms with Gasteiger partial charge in [0.1, 0.15) is 12.1 Å². The summed E-state index contributed by atoms with van der Waals surface area (Å²) in [6.45, 7) is 6.44. The topological polar surface area (TPSA) is 176 Å². The lowest BCUT2D eigenvalue weighted by Crippen LogP contribution is -2.40. The lowest BCUT2D eigenvalue weighted by atomic mass is 10.0. The van der Waals surface area contributed by atoms with E-state index in [2.05, 4.69) is 17.6 Å². The normalized spacial score (nSPS) is 13.8. The van der Waals surface area contributed by atoms with Gasteiger partial charge in [-0.25, -0.2) is 0 Å². The van der Waals surface area contributed by atoms with Crippen molar-refractivity contribution in [2.75, 3.05) is 13.6 Å². The number of carbonyl (C=O) groups excluding carboxylic acids is 2. The molecule has 2 amide bonds. The number of fused-ring (bicyclic) bond motifs is 2. The van der Waals surface area contributed by atoms with Crippen LogP contribution in [0.15, 0.2) is 143 Å². The second-order valence-electron chi connectivity index (χ2n) is 17.5. The van der Waals surface area contributed by atoms with Crippen molar-refractivity contribution in [3.63, 3.8) is 0 Å². The van der Waals surface area contributed by atoms with E-state index in [0.717, 1.165) is 48.8 Å². The van der Waals surface area contributed by atoms with Crippen LogP contribution in [0.25, 0.3) is 0 Å². The van der Waals surface area contributed by atoms with Crippen LogP contribution >= 0.6 is 0 Å². The average Bonchev–Trinajstić information content (AvgIpc) is 4.06. The van der Waals surface area contributed by atoms with Gasteiger partial charge in [0.25, 0.3) is 11.1 Å². The third-order valence-corrected chi connectivity index (χ3v) is 12.5. The first-order valence-electron chi connectivity index (χ1n) is 24.2. The Morgan fingerprint density at radius 3 is 1.41 bits per heavy atom. The molecule has 4 aromatic carbocycles. The third kappa shape index (κ3) is 12.9. The second-order valence-corrected chi connectivity index (χ2v) is 17.5. The Morgan fingerprint density at radius 1 is 0.557 bits per heavy atom. The molecule has 3 N–H and O–H groups in total. The minimum absolute atomic E-state index is 0.0933. The fourth-order valence-corrected chi connectivity index (χ4v) is 8.74. The maximum Gasteiger partial charge on any atom is 0.305 e. The molecular formula is C56H62N4O10. The van der Waals surface area contributed by atoms with E-state index in [4.69, 9.17) is 18.9 Å². The van der Waals surface area contributed by atoms with Gasteiger partial charge in [0, 0.05) is 36.4 Å². The van der Waals surface area contributed by atoms with Gasteiger partial charge in [0.15, 0.2) is 23.0 Å². The van der Waals surface area contributed by atoms with Gasteiger partial charge in [-0.15, -0.1) is 0 Å². The van der Waals surface area contributed by atoms with Gasteiger partial charge >= 0.3 is 5.97 Å². The van der Waals surface area contributed by atoms with Crippen LogP contribution in [0.5, 0.6) is 23.0 Å². The largest absolute Gasteiger partial charge is 0.481 e. The highest BCUT2D eigenvalue weighted by Crippen LogP contribution is 2.36. The highest BCUT2D eigenvalue weighted by Gasteiger charge is 2.29. The summed E-state index contributed by atoms with van der Waals surface area (Å²) in [6.07, 6.45) is 9.22. The number of hydrogen-bond acceptors (Lipinski definition) is 9. The minimum atomic E-state index is -1.05. The minimum Gasteiger partial charge on any atom is -0.481 e. The highest BCUT2D eigenvalue weighted by atomic mass is 16.7. The number of amides is 2. The molecule has 2 aliphatic heterocycles. The summed E-state index contributed by atoms with van der Waals surface area (Å²) in [5.41, 5.74) is 4.57. The van der Waals surface area contributed by atoms with Crippen LogP contribution in [0.1, 0.15) is 130 Å². The van der Waals surface area contributed by atoms with Crippen LogP contribution in [0.4, 0.5) is 0 Å². The molecule has 2 aliphatic rings. The van der Waals surface area contributed by atoms with Gasteiger partial charge < -0.3 is 43.8 Å². The number of carboxylic acids is 1. The smallest absolute Gasteiger partial charge is 0.305 e. The van der Waals surface area contributed by atoms with Crippen LogP contribution in [-0.4, -0.2) is 45.6 Å². The number of benzene rings is 4. The van der Waals surface area contributed by atoms with Crippen molar-refractivity contribution in [2.24, 2.45) is 0 Å². The first kappa shape index (κ1) is 50.3. The first-order valence-corrected chi connectivity index (χ1v) is 24.2. The zero-order valence-electron chi connectivity index (χ0n) is 40.0. The molecule has 2 aromatic heterocycles. The second kappa shape index (κ2) is 24.6. The summed E-state index contributed by atoms with van der Waals surface area (Å²) in [5.74, 6) is 0.893. The molecular weight excluding hydrogens is 889 g/mol. The van der Waals surface area contributed by atoms with E-state index < -0.39 is 30.0 Å². The Bertz CT molecular complexity index is 2830. The quantitative estimate of drug-likeness (QED) is 0.0630. The summed E-state index contributed by atoms with van der Waals surface area (Å²) in [5, 5.41) is 15.6. The van der Waals surface area contributed by atoms with Crippen molar-refractivity contribution in [2.45, 2.75) is 109 Å². The van der Waals surface area contributed by atoms with Gasteiger partial charge in [-0.05, 0) is 77.9 Å². The van der Waals surface area contributed by atoms with Gasteiger partial charge in [-0.2, -0.15) is 0 Å². The maximum absolute atomic E-state index is 13.6. The molecule has 0 fully saturated rings. The van der Waals surface area contributed by atoms with E-state index in [1.165, 1.54) is 4.57 Å². The molecule has 70 heavy (non-hydrogen) atoms. The van der Waals surface area contributed by atoms with E-state index in [-0.39, 0.29) is 43.1 Å². The molecule has 4 heterocycles. The Hall–Kier alpha value is -7.61. The van der Waals surface area contributed by atoms with Crippen LogP contribution in [0.3, 0.4) is 0 Å². The molecule has 0 spiro atoms. The van der Waals surface area contributed by atoms with Crippen LogP contribution in [0, 0.1) is 0 Å². The van der Waals surface area contributed by atoms with Gasteiger partial charge in [-0.1, -0.05) is 131 Å². The summed E-state index contributed by atoms with van der Waals surface area (Å²) >= 11 is 0. The van der Waals surface area contributed by atoms with Gasteiger partial charge in [-0.3, -0.25) is 24.0 Å². The fraction of sp³-hybridized carbons (Fsp3) is 0.339. The standard InChI is InChI=1S/C28H30N2O6.C28H32N2O4/c1-2-3-11-23(30-14-7-10-21(28(30)34)15-19-8-5-4-6-9-19)27(33)29-22(17-26(31)32)20-12-13-24-25(16-20)36-18-35-24;1-3-5-13-24(30-16-9-12-22(28(30)32)17-20-10-7-6-8-11-20)27(31)29-23(4-2)21-14-15-25-26(18-21)34-19-33-25/h4-10,12-14,16,22-23H,2-3,11,15,17-18H2,1H3,(H,29,33)(H,31,32);6-12,14-16,18,23-24H,3-5,13,17,19H2,1-2H3,(H,29,31)/t22-,23-;23-,24-/m00/s1. The number of hydrogen-bond donors (Lipinski definition) is 3. The Morgan fingerprint density at radius 2 is 0.986 bits per heavy atom. The highest BCUT2D eigenvalue weighted by molar-refractivity contribution is 5.82. The molecule has 0 aliphatic carbocycles. The molecule has 366 valence electrons. The molecule has 14 heteroatoms. The maximum atomic E-state index is 13.6. The van der Waals surface area contributed by atoms with Gasteiger partial charge in [0.2, 0.25) is 25.4 Å². The number of pyridine rings is 2. The molecule has 0 saturated carbocycles. The molecule has 14 nitrogen and oxygen atoms in total. The Balaban J connectivity index is 0.000000207. The Labute approximate surface area is 408 Å². The molecule has 6 aromatic rings. The zero-order valence-corrected chi connectivity index (χ0v) is 40.0.